The van der Waals surface area contributed by atoms with Crippen molar-refractivity contribution in [1.29, 1.82) is 0 Å². The van der Waals surface area contributed by atoms with Gasteiger partial charge in [-0.15, -0.1) is 0 Å². The standard InChI is InChI=1S/C24H27N3O/c1-4-5-6-15-27-23(19-13-9-17(3)10-14-19)20-21(25-26-22(20)24(27)28)18-11-7-16(2)8-12-18/h7-14,23H,4-6,15H2,1-3H3,(H,25,26). The van der Waals surface area contributed by atoms with Gasteiger partial charge in [-0.25, -0.2) is 0 Å². The average molecular weight is 374 g/mol. The number of hydrogen-bond acceptors (Lipinski definition) is 2. The molecular formula is C24H27N3O. The second-order valence-electron chi connectivity index (χ2n) is 7.75. The van der Waals surface area contributed by atoms with Crippen LogP contribution in [0.2, 0.25) is 0 Å². The van der Waals surface area contributed by atoms with Crippen molar-refractivity contribution in [1.82, 2.24) is 15.1 Å². The van der Waals surface area contributed by atoms with Gasteiger partial charge in [-0.05, 0) is 25.8 Å². The zero-order chi connectivity index (χ0) is 19.7. The Labute approximate surface area is 166 Å². The van der Waals surface area contributed by atoms with Crippen LogP contribution in [0, 0.1) is 13.8 Å². The third-order valence-electron chi connectivity index (χ3n) is 5.58. The molecule has 0 spiro atoms. The second-order valence-corrected chi connectivity index (χ2v) is 7.75. The summed E-state index contributed by atoms with van der Waals surface area (Å²) in [5.41, 5.74) is 7.14. The molecule has 0 bridgehead atoms. The van der Waals surface area contributed by atoms with Gasteiger partial charge < -0.3 is 4.90 Å². The fourth-order valence-electron chi connectivity index (χ4n) is 3.99. The van der Waals surface area contributed by atoms with E-state index in [1.807, 2.05) is 4.90 Å². The van der Waals surface area contributed by atoms with E-state index >= 15 is 0 Å². The number of carbonyl (C=O) groups excluding carboxylic acids is 1. The van der Waals surface area contributed by atoms with E-state index in [2.05, 4.69) is 79.5 Å². The van der Waals surface area contributed by atoms with Crippen molar-refractivity contribution in [3.8, 4) is 11.3 Å². The highest BCUT2D eigenvalue weighted by atomic mass is 16.2. The topological polar surface area (TPSA) is 49.0 Å². The molecule has 1 N–H and O–H groups in total. The van der Waals surface area contributed by atoms with Crippen molar-refractivity contribution in [2.24, 2.45) is 0 Å². The smallest absolute Gasteiger partial charge is 0.273 e. The SMILES string of the molecule is CCCCCN1C(=O)c2[nH]nc(-c3ccc(C)cc3)c2C1c1ccc(C)cc1. The number of nitrogens with zero attached hydrogens (tertiary/aromatic N) is 2. The highest BCUT2D eigenvalue weighted by Crippen LogP contribution is 2.42. The number of aryl methyl sites for hydroxylation is 2. The summed E-state index contributed by atoms with van der Waals surface area (Å²) in [6.45, 7) is 7.11. The van der Waals surface area contributed by atoms with E-state index in [4.69, 9.17) is 0 Å². The number of hydrogen-bond donors (Lipinski definition) is 1. The van der Waals surface area contributed by atoms with Crippen LogP contribution in [-0.2, 0) is 0 Å². The Hall–Kier alpha value is -2.88. The van der Waals surface area contributed by atoms with Crippen molar-refractivity contribution in [2.75, 3.05) is 6.54 Å². The number of rotatable bonds is 6. The van der Waals surface area contributed by atoms with E-state index in [-0.39, 0.29) is 11.9 Å². The minimum Gasteiger partial charge on any atom is -0.326 e. The van der Waals surface area contributed by atoms with E-state index in [0.29, 0.717) is 5.69 Å². The minimum atomic E-state index is -0.0880. The molecule has 1 aliphatic heterocycles. The van der Waals surface area contributed by atoms with Gasteiger partial charge in [0, 0.05) is 17.7 Å². The number of nitrogens with one attached hydrogen (secondary N) is 1. The van der Waals surface area contributed by atoms with Gasteiger partial charge in [0.05, 0.1) is 11.7 Å². The Morgan fingerprint density at radius 1 is 0.964 bits per heavy atom. The first kappa shape index (κ1) is 18.5. The van der Waals surface area contributed by atoms with Crippen LogP contribution < -0.4 is 0 Å². The van der Waals surface area contributed by atoms with Crippen molar-refractivity contribution < 1.29 is 4.79 Å². The van der Waals surface area contributed by atoms with Crippen molar-refractivity contribution >= 4 is 5.91 Å². The van der Waals surface area contributed by atoms with Gasteiger partial charge in [0.2, 0.25) is 0 Å². The lowest BCUT2D eigenvalue weighted by molar-refractivity contribution is 0.0740. The molecule has 0 fully saturated rings. The first-order valence-electron chi connectivity index (χ1n) is 10.1. The molecule has 0 saturated carbocycles. The normalized spacial score (nSPS) is 15.9. The fourth-order valence-corrected chi connectivity index (χ4v) is 3.99. The number of unbranched alkanes of at least 4 members (excludes halogenated alkanes) is 2. The van der Waals surface area contributed by atoms with Gasteiger partial charge >= 0.3 is 0 Å². The summed E-state index contributed by atoms with van der Waals surface area (Å²) in [6.07, 6.45) is 3.28. The Morgan fingerprint density at radius 3 is 2.25 bits per heavy atom. The number of carbonyl (C=O) groups is 1. The number of benzene rings is 2. The highest BCUT2D eigenvalue weighted by molar-refractivity contribution is 6.00. The lowest BCUT2D eigenvalue weighted by atomic mass is 9.95. The maximum absolute atomic E-state index is 13.2. The molecule has 4 rings (SSSR count). The first-order valence-corrected chi connectivity index (χ1v) is 10.1. The number of amides is 1. The van der Waals surface area contributed by atoms with Crippen LogP contribution in [0.1, 0.15) is 65.0 Å². The highest BCUT2D eigenvalue weighted by Gasteiger charge is 2.41. The van der Waals surface area contributed by atoms with Gasteiger partial charge in [-0.3, -0.25) is 9.89 Å². The molecule has 4 nitrogen and oxygen atoms in total. The fraction of sp³-hybridized carbons (Fsp3) is 0.333. The van der Waals surface area contributed by atoms with Gasteiger partial charge in [0.1, 0.15) is 5.69 Å². The molecule has 1 aromatic heterocycles. The number of aromatic nitrogens is 2. The molecule has 0 radical (unpaired) electrons. The van der Waals surface area contributed by atoms with Gasteiger partial charge in [-0.1, -0.05) is 79.4 Å². The van der Waals surface area contributed by atoms with Crippen LogP contribution in [-0.4, -0.2) is 27.5 Å². The summed E-state index contributed by atoms with van der Waals surface area (Å²) < 4.78 is 0. The maximum Gasteiger partial charge on any atom is 0.273 e. The van der Waals surface area contributed by atoms with E-state index < -0.39 is 0 Å². The number of H-pyrrole nitrogens is 1. The summed E-state index contributed by atoms with van der Waals surface area (Å²) in [7, 11) is 0. The van der Waals surface area contributed by atoms with E-state index in [1.165, 1.54) is 11.1 Å². The second kappa shape index (κ2) is 7.63. The van der Waals surface area contributed by atoms with Crippen LogP contribution in [0.25, 0.3) is 11.3 Å². The predicted octanol–water partition coefficient (Wildman–Crippen LogP) is 5.43. The Balaban J connectivity index is 1.80. The first-order chi connectivity index (χ1) is 13.6. The monoisotopic (exact) mass is 373 g/mol. The third kappa shape index (κ3) is 3.24. The summed E-state index contributed by atoms with van der Waals surface area (Å²) in [6, 6.07) is 16.8. The lowest BCUT2D eigenvalue weighted by Crippen LogP contribution is -2.30. The average Bonchev–Trinajstić information content (AvgIpc) is 3.23. The summed E-state index contributed by atoms with van der Waals surface area (Å²) >= 11 is 0. The molecule has 1 aliphatic rings. The number of aromatic amines is 1. The molecule has 3 aromatic rings. The van der Waals surface area contributed by atoms with Crippen LogP contribution >= 0.6 is 0 Å². The molecule has 1 unspecified atom stereocenters. The molecule has 28 heavy (non-hydrogen) atoms. The zero-order valence-electron chi connectivity index (χ0n) is 16.8. The lowest BCUT2D eigenvalue weighted by Gasteiger charge is -2.26. The summed E-state index contributed by atoms with van der Waals surface area (Å²) in [5, 5.41) is 7.58. The Bertz CT molecular complexity index is 970. The molecule has 0 aliphatic carbocycles. The molecular weight excluding hydrogens is 346 g/mol. The molecule has 1 amide bonds. The Morgan fingerprint density at radius 2 is 1.61 bits per heavy atom. The van der Waals surface area contributed by atoms with E-state index in [1.54, 1.807) is 0 Å². The molecule has 4 heteroatoms. The minimum absolute atomic E-state index is 0.0579. The number of fused-ring (bicyclic) bond motifs is 1. The molecule has 144 valence electrons. The molecule has 2 heterocycles. The molecule has 2 aromatic carbocycles. The van der Waals surface area contributed by atoms with Crippen molar-refractivity contribution in [2.45, 2.75) is 46.1 Å². The van der Waals surface area contributed by atoms with Gasteiger partial charge in [-0.2, -0.15) is 5.10 Å². The summed E-state index contributed by atoms with van der Waals surface area (Å²) in [5.74, 6) is 0.0579. The largest absolute Gasteiger partial charge is 0.326 e. The Kier molecular flexibility index (Phi) is 5.03. The van der Waals surface area contributed by atoms with Crippen molar-refractivity contribution in [3.05, 3.63) is 76.5 Å². The van der Waals surface area contributed by atoms with E-state index in [9.17, 15) is 4.79 Å². The zero-order valence-corrected chi connectivity index (χ0v) is 16.8. The third-order valence-corrected chi connectivity index (χ3v) is 5.58. The van der Waals surface area contributed by atoms with Gasteiger partial charge in [0.25, 0.3) is 5.91 Å². The predicted molar refractivity (Wildman–Crippen MR) is 112 cm³/mol. The maximum atomic E-state index is 13.2. The quantitative estimate of drug-likeness (QED) is 0.586. The molecule has 0 saturated heterocycles. The van der Waals surface area contributed by atoms with E-state index in [0.717, 1.165) is 48.2 Å². The van der Waals surface area contributed by atoms with Gasteiger partial charge in [0.15, 0.2) is 0 Å². The van der Waals surface area contributed by atoms with Crippen LogP contribution in [0.3, 0.4) is 0 Å². The van der Waals surface area contributed by atoms with Crippen LogP contribution in [0.4, 0.5) is 0 Å². The molecule has 1 atom stereocenters. The summed E-state index contributed by atoms with van der Waals surface area (Å²) in [4.78, 5) is 15.2. The van der Waals surface area contributed by atoms with Crippen LogP contribution in [0.15, 0.2) is 48.5 Å². The van der Waals surface area contributed by atoms with Crippen LogP contribution in [0.5, 0.6) is 0 Å². The van der Waals surface area contributed by atoms with Crippen molar-refractivity contribution in [3.63, 3.8) is 0 Å².